The number of hydrogen-bond donors (Lipinski definition) is 1. The molecule has 0 saturated carbocycles. The van der Waals surface area contributed by atoms with E-state index in [0.29, 0.717) is 6.42 Å². The van der Waals surface area contributed by atoms with Crippen LogP contribution in [0.1, 0.15) is 5.56 Å². The van der Waals surface area contributed by atoms with Gasteiger partial charge in [0.05, 0.1) is 0 Å². The Hall–Kier alpha value is -1.01. The minimum atomic E-state index is 0.715. The first-order chi connectivity index (χ1) is 4.43. The summed E-state index contributed by atoms with van der Waals surface area (Å²) in [5.41, 5.74) is 6.10. The van der Waals surface area contributed by atoms with Crippen molar-refractivity contribution in [1.29, 1.82) is 0 Å². The molecule has 0 atom stereocenters. The van der Waals surface area contributed by atoms with E-state index in [-0.39, 0.29) is 0 Å². The maximum Gasteiger partial charge on any atom is 0.0448 e. The number of nitrogens with zero attached hydrogens (tertiary/aromatic N) is 1. The predicted octanol–water partition coefficient (Wildman–Crippen LogP) is 0.605. The molecule has 1 aromatic rings. The highest BCUT2D eigenvalue weighted by Crippen LogP contribution is 2.00. The van der Waals surface area contributed by atoms with Crippen LogP contribution in [0.2, 0.25) is 0 Å². The lowest BCUT2D eigenvalue weighted by atomic mass is 10.3. The summed E-state index contributed by atoms with van der Waals surface area (Å²) in [6.07, 6.45) is 2.52. The van der Waals surface area contributed by atoms with Crippen molar-refractivity contribution in [1.82, 2.24) is 4.37 Å². The average molecular weight is 138 g/mol. The molecule has 0 unspecified atom stereocenters. The lowest BCUT2D eigenvalue weighted by Gasteiger charge is -1.78. The van der Waals surface area contributed by atoms with E-state index in [1.807, 2.05) is 5.38 Å². The fourth-order valence-corrected chi connectivity index (χ4v) is 1.00. The quantitative estimate of drug-likeness (QED) is 0.456. The van der Waals surface area contributed by atoms with E-state index >= 15 is 0 Å². The minimum absolute atomic E-state index is 0.715. The van der Waals surface area contributed by atoms with Crippen molar-refractivity contribution in [3.63, 3.8) is 0 Å². The van der Waals surface area contributed by atoms with Gasteiger partial charge in [-0.1, -0.05) is 5.92 Å². The van der Waals surface area contributed by atoms with Crippen molar-refractivity contribution in [2.75, 3.05) is 0 Å². The van der Waals surface area contributed by atoms with Crippen LogP contribution in [-0.4, -0.2) is 4.37 Å². The van der Waals surface area contributed by atoms with Crippen LogP contribution < -0.4 is 5.73 Å². The lowest BCUT2D eigenvalue weighted by Crippen LogP contribution is -1.80. The van der Waals surface area contributed by atoms with E-state index in [1.54, 1.807) is 6.20 Å². The number of hydrogen-bond acceptors (Lipinski definition) is 3. The second-order valence-electron chi connectivity index (χ2n) is 1.53. The third-order valence-electron chi connectivity index (χ3n) is 0.878. The lowest BCUT2D eigenvalue weighted by molar-refractivity contribution is 1.32. The second-order valence-corrected chi connectivity index (χ2v) is 2.19. The summed E-state index contributed by atoms with van der Waals surface area (Å²) in [5.74, 6) is 2.75. The van der Waals surface area contributed by atoms with E-state index in [2.05, 4.69) is 16.3 Å². The van der Waals surface area contributed by atoms with Gasteiger partial charge in [0.15, 0.2) is 0 Å². The van der Waals surface area contributed by atoms with Gasteiger partial charge in [-0.2, -0.15) is 0 Å². The van der Waals surface area contributed by atoms with Crippen LogP contribution in [0.4, 0.5) is 0 Å². The van der Waals surface area contributed by atoms with Crippen LogP contribution in [0.15, 0.2) is 11.6 Å². The van der Waals surface area contributed by atoms with Gasteiger partial charge < -0.3 is 5.73 Å². The van der Waals surface area contributed by atoms with Crippen molar-refractivity contribution in [3.8, 4) is 12.0 Å². The van der Waals surface area contributed by atoms with Gasteiger partial charge in [-0.3, -0.25) is 0 Å². The third kappa shape index (κ3) is 1.74. The molecule has 2 nitrogen and oxygen atoms in total. The molecule has 1 heterocycles. The normalized spacial score (nSPS) is 8.00. The van der Waals surface area contributed by atoms with Gasteiger partial charge in [-0.15, -0.1) is 0 Å². The molecular formula is C6H6N2S. The maximum absolute atomic E-state index is 4.97. The molecule has 0 aliphatic carbocycles. The van der Waals surface area contributed by atoms with Crippen molar-refractivity contribution in [3.05, 3.63) is 17.1 Å². The van der Waals surface area contributed by atoms with Gasteiger partial charge >= 0.3 is 0 Å². The molecule has 3 heteroatoms. The van der Waals surface area contributed by atoms with E-state index in [9.17, 15) is 0 Å². The zero-order chi connectivity index (χ0) is 6.53. The SMILES string of the molecule is NC#CCc1cnsc1. The molecule has 46 valence electrons. The predicted molar refractivity (Wildman–Crippen MR) is 37.8 cm³/mol. The van der Waals surface area contributed by atoms with E-state index in [4.69, 9.17) is 5.73 Å². The van der Waals surface area contributed by atoms with Crippen LogP contribution in [0.3, 0.4) is 0 Å². The Kier molecular flexibility index (Phi) is 2.11. The average Bonchev–Trinajstić information content (AvgIpc) is 2.34. The van der Waals surface area contributed by atoms with Crippen LogP contribution >= 0.6 is 11.5 Å². The molecule has 0 aliphatic heterocycles. The Bertz CT molecular complexity index is 217. The van der Waals surface area contributed by atoms with Crippen LogP contribution in [0.25, 0.3) is 0 Å². The largest absolute Gasteiger partial charge is 0.359 e. The van der Waals surface area contributed by atoms with Gasteiger partial charge in [0.25, 0.3) is 0 Å². The summed E-state index contributed by atoms with van der Waals surface area (Å²) in [5, 5.41) is 1.96. The summed E-state index contributed by atoms with van der Waals surface area (Å²) in [7, 11) is 0. The fraction of sp³-hybridized carbons (Fsp3) is 0.167. The Morgan fingerprint density at radius 1 is 1.78 bits per heavy atom. The fourth-order valence-electron chi connectivity index (χ4n) is 0.467. The van der Waals surface area contributed by atoms with Crippen molar-refractivity contribution >= 4 is 11.5 Å². The molecule has 0 radical (unpaired) electrons. The first-order valence-electron chi connectivity index (χ1n) is 2.50. The van der Waals surface area contributed by atoms with Crippen LogP contribution in [0.5, 0.6) is 0 Å². The first kappa shape index (κ1) is 6.12. The first-order valence-corrected chi connectivity index (χ1v) is 3.34. The smallest absolute Gasteiger partial charge is 0.0448 e. The Morgan fingerprint density at radius 3 is 3.22 bits per heavy atom. The number of rotatable bonds is 1. The molecule has 0 spiro atoms. The van der Waals surface area contributed by atoms with Gasteiger partial charge in [0, 0.05) is 24.0 Å². The van der Waals surface area contributed by atoms with Crippen LogP contribution in [-0.2, 0) is 6.42 Å². The Morgan fingerprint density at radius 2 is 2.67 bits per heavy atom. The highest BCUT2D eigenvalue weighted by atomic mass is 32.1. The summed E-state index contributed by atoms with van der Waals surface area (Å²) in [6, 6.07) is 2.33. The molecule has 0 bridgehead atoms. The second kappa shape index (κ2) is 3.10. The zero-order valence-electron chi connectivity index (χ0n) is 4.79. The Balaban J connectivity index is 2.54. The molecule has 2 N–H and O–H groups in total. The standard InChI is InChI=1S/C6H6N2S/c7-3-1-2-6-4-8-9-5-6/h4-5H,2,7H2. The van der Waals surface area contributed by atoms with E-state index in [0.717, 1.165) is 5.56 Å². The van der Waals surface area contributed by atoms with E-state index in [1.165, 1.54) is 11.5 Å². The maximum atomic E-state index is 4.97. The van der Waals surface area contributed by atoms with Crippen molar-refractivity contribution < 1.29 is 0 Å². The third-order valence-corrected chi connectivity index (χ3v) is 1.51. The number of aromatic nitrogens is 1. The summed E-state index contributed by atoms with van der Waals surface area (Å²) in [4.78, 5) is 0. The summed E-state index contributed by atoms with van der Waals surface area (Å²) < 4.78 is 3.91. The molecular weight excluding hydrogens is 132 g/mol. The monoisotopic (exact) mass is 138 g/mol. The highest BCUT2D eigenvalue weighted by Gasteiger charge is 1.87. The molecule has 0 aliphatic rings. The van der Waals surface area contributed by atoms with Gasteiger partial charge in [0.2, 0.25) is 0 Å². The molecule has 0 saturated heterocycles. The minimum Gasteiger partial charge on any atom is -0.359 e. The number of nitrogens with two attached hydrogens (primary N) is 1. The van der Waals surface area contributed by atoms with Crippen LogP contribution in [0, 0.1) is 12.0 Å². The zero-order valence-corrected chi connectivity index (χ0v) is 5.61. The van der Waals surface area contributed by atoms with Crippen molar-refractivity contribution in [2.24, 2.45) is 5.73 Å². The molecule has 0 aromatic carbocycles. The topological polar surface area (TPSA) is 38.9 Å². The molecule has 9 heavy (non-hydrogen) atoms. The highest BCUT2D eigenvalue weighted by molar-refractivity contribution is 7.03. The van der Waals surface area contributed by atoms with Gasteiger partial charge in [0.1, 0.15) is 0 Å². The van der Waals surface area contributed by atoms with Gasteiger partial charge in [-0.25, -0.2) is 4.37 Å². The summed E-state index contributed by atoms with van der Waals surface area (Å²) in [6.45, 7) is 0. The molecule has 0 fully saturated rings. The summed E-state index contributed by atoms with van der Waals surface area (Å²) >= 11 is 1.43. The Labute approximate surface area is 57.9 Å². The van der Waals surface area contributed by atoms with Gasteiger partial charge in [-0.05, 0) is 17.1 Å². The van der Waals surface area contributed by atoms with Crippen molar-refractivity contribution in [2.45, 2.75) is 6.42 Å². The molecule has 0 amide bonds. The molecule has 1 aromatic heterocycles. The molecule has 1 rings (SSSR count). The van der Waals surface area contributed by atoms with E-state index < -0.39 is 0 Å².